The van der Waals surface area contributed by atoms with E-state index in [0.29, 0.717) is 11.1 Å². The SMILES string of the molecule is COc1ccc(CCO[C@@H]2O[C@H](CO[C@H]3OC[C@H](O)[C@H](O)[C@H]3O)[C@@H](OC(=O)/C=C/c3ccc(O)c(OC)c3)[C@H](O[C@@H]3O[C@@H](C)[C@H](O)[C@@H](O)[C@H]3O)[C@H]2O)cc1O. The summed E-state index contributed by atoms with van der Waals surface area (Å²) in [7, 11) is 2.75. The second kappa shape index (κ2) is 19.0. The number of carbonyl (C=O) groups excluding carboxylic acids is 1. The molecule has 0 saturated carbocycles. The van der Waals surface area contributed by atoms with E-state index in [2.05, 4.69) is 0 Å². The van der Waals surface area contributed by atoms with E-state index in [1.807, 2.05) is 0 Å². The van der Waals surface area contributed by atoms with Crippen molar-refractivity contribution in [2.24, 2.45) is 0 Å². The Kier molecular flexibility index (Phi) is 14.7. The van der Waals surface area contributed by atoms with Crippen LogP contribution in [0.5, 0.6) is 23.0 Å². The number of hydrogen-bond donors (Lipinski definition) is 9. The van der Waals surface area contributed by atoms with Crippen LogP contribution in [0, 0.1) is 0 Å². The number of aliphatic hydroxyl groups excluding tert-OH is 7. The second-order valence-corrected chi connectivity index (χ2v) is 13.2. The lowest BCUT2D eigenvalue weighted by Gasteiger charge is -2.47. The Morgan fingerprint density at radius 2 is 1.49 bits per heavy atom. The molecule has 19 heteroatoms. The number of aliphatic hydroxyl groups is 7. The molecule has 3 aliphatic heterocycles. The summed E-state index contributed by atoms with van der Waals surface area (Å²) < 4.78 is 50.6. The summed E-state index contributed by atoms with van der Waals surface area (Å²) in [5.74, 6) is -0.848. The van der Waals surface area contributed by atoms with Crippen molar-refractivity contribution in [3.05, 3.63) is 53.6 Å². The summed E-state index contributed by atoms with van der Waals surface area (Å²) in [4.78, 5) is 13.4. The lowest BCUT2D eigenvalue weighted by Crippen LogP contribution is -2.65. The number of hydrogen-bond acceptors (Lipinski definition) is 19. The number of phenols is 2. The van der Waals surface area contributed by atoms with E-state index in [9.17, 15) is 50.8 Å². The summed E-state index contributed by atoms with van der Waals surface area (Å²) in [5, 5.41) is 93.9. The molecule has 19 nitrogen and oxygen atoms in total. The maximum absolute atomic E-state index is 13.4. The van der Waals surface area contributed by atoms with E-state index in [4.69, 9.17) is 42.6 Å². The van der Waals surface area contributed by atoms with Crippen LogP contribution in [0.3, 0.4) is 0 Å². The first kappa shape index (κ1) is 42.5. The van der Waals surface area contributed by atoms with E-state index >= 15 is 0 Å². The molecule has 0 spiro atoms. The molecule has 5 rings (SSSR count). The molecule has 2 aromatic carbocycles. The fourth-order valence-electron chi connectivity index (χ4n) is 6.18. The first-order chi connectivity index (χ1) is 26.2. The number of esters is 1. The minimum Gasteiger partial charge on any atom is -0.504 e. The average Bonchev–Trinajstić information content (AvgIpc) is 3.17. The van der Waals surface area contributed by atoms with Crippen LogP contribution in [-0.2, 0) is 44.4 Å². The van der Waals surface area contributed by atoms with E-state index in [0.717, 1.165) is 6.08 Å². The molecule has 0 unspecified atom stereocenters. The third-order valence-corrected chi connectivity index (χ3v) is 9.38. The molecule has 9 N–H and O–H groups in total. The standard InChI is InChI=1S/C36H48O19/c1-16-26(41)28(43)30(45)36(52-16)55-33-31(46)35(49-11-10-18-5-8-22(47-2)20(38)12-18)53-24(15-51-34-29(44)27(42)21(39)14-50-34)32(33)54-25(40)9-6-17-4-7-19(37)23(13-17)48-3/h4-9,12-13,16,21,24,26-39,41-46H,10-11,14-15H2,1-3H3/b9-6+/t16-,21-,24+,26-,27-,28+,29+,30+,31+,32+,33+,34+,35+,36-/m0/s1. The van der Waals surface area contributed by atoms with E-state index in [-0.39, 0.29) is 42.6 Å². The smallest absolute Gasteiger partial charge is 0.331 e. The molecule has 0 bridgehead atoms. The third-order valence-electron chi connectivity index (χ3n) is 9.38. The van der Waals surface area contributed by atoms with Crippen LogP contribution in [0.15, 0.2) is 42.5 Å². The van der Waals surface area contributed by atoms with Gasteiger partial charge in [-0.05, 0) is 54.8 Å². The molecular formula is C36H48O19. The van der Waals surface area contributed by atoms with Gasteiger partial charge in [0.15, 0.2) is 48.0 Å². The average molecular weight is 785 g/mol. The van der Waals surface area contributed by atoms with Gasteiger partial charge in [-0.25, -0.2) is 4.79 Å². The van der Waals surface area contributed by atoms with Gasteiger partial charge in [0, 0.05) is 6.08 Å². The zero-order valence-electron chi connectivity index (χ0n) is 30.1. The van der Waals surface area contributed by atoms with Crippen molar-refractivity contribution >= 4 is 12.0 Å². The lowest BCUT2D eigenvalue weighted by molar-refractivity contribution is -0.362. The Balaban J connectivity index is 1.42. The molecule has 3 heterocycles. The van der Waals surface area contributed by atoms with Gasteiger partial charge >= 0.3 is 5.97 Å². The fourth-order valence-corrected chi connectivity index (χ4v) is 6.18. The number of methoxy groups -OCH3 is 2. The fraction of sp³-hybridized carbons (Fsp3) is 0.583. The third kappa shape index (κ3) is 10.2. The Morgan fingerprint density at radius 3 is 2.20 bits per heavy atom. The predicted octanol–water partition coefficient (Wildman–Crippen LogP) is -1.95. The summed E-state index contributed by atoms with van der Waals surface area (Å²) in [5.41, 5.74) is 1.06. The highest BCUT2D eigenvalue weighted by atomic mass is 16.8. The molecule has 2 aromatic rings. The normalized spacial score (nSPS) is 35.4. The number of aromatic hydroxyl groups is 2. The maximum atomic E-state index is 13.4. The zero-order valence-corrected chi connectivity index (χ0v) is 30.1. The van der Waals surface area contributed by atoms with Crippen molar-refractivity contribution in [1.82, 2.24) is 0 Å². The Labute approximate surface area is 315 Å². The van der Waals surface area contributed by atoms with Crippen molar-refractivity contribution in [2.45, 2.75) is 99.4 Å². The highest BCUT2D eigenvalue weighted by Gasteiger charge is 2.53. The van der Waals surface area contributed by atoms with Crippen LogP contribution < -0.4 is 9.47 Å². The van der Waals surface area contributed by atoms with Crippen LogP contribution in [0.25, 0.3) is 6.08 Å². The van der Waals surface area contributed by atoms with Crippen LogP contribution in [0.4, 0.5) is 0 Å². The van der Waals surface area contributed by atoms with E-state index < -0.39 is 98.6 Å². The molecule has 3 aliphatic rings. The van der Waals surface area contributed by atoms with Crippen molar-refractivity contribution in [2.75, 3.05) is 34.0 Å². The molecule has 3 saturated heterocycles. The van der Waals surface area contributed by atoms with Crippen molar-refractivity contribution < 1.29 is 93.4 Å². The molecule has 14 atom stereocenters. The minimum absolute atomic E-state index is 0.101. The highest BCUT2D eigenvalue weighted by Crippen LogP contribution is 2.33. The topological polar surface area (TPSA) is 282 Å². The molecule has 306 valence electrons. The van der Waals surface area contributed by atoms with Crippen LogP contribution in [-0.4, -0.2) is 172 Å². The summed E-state index contributed by atoms with van der Waals surface area (Å²) in [6, 6.07) is 9.00. The Bertz CT molecular complexity index is 1590. The monoisotopic (exact) mass is 784 g/mol. The van der Waals surface area contributed by atoms with Crippen molar-refractivity contribution in [3.63, 3.8) is 0 Å². The molecule has 0 radical (unpaired) electrons. The van der Waals surface area contributed by atoms with Crippen LogP contribution >= 0.6 is 0 Å². The van der Waals surface area contributed by atoms with Gasteiger partial charge in [-0.2, -0.15) is 0 Å². The molecule has 3 fully saturated rings. The molecule has 0 aliphatic carbocycles. The lowest BCUT2D eigenvalue weighted by atomic mass is 9.96. The number of rotatable bonds is 14. The molecule has 0 aromatic heterocycles. The molecular weight excluding hydrogens is 736 g/mol. The maximum Gasteiger partial charge on any atom is 0.331 e. The molecule has 55 heavy (non-hydrogen) atoms. The van der Waals surface area contributed by atoms with Crippen LogP contribution in [0.1, 0.15) is 18.1 Å². The van der Waals surface area contributed by atoms with Gasteiger partial charge in [0.1, 0.15) is 54.9 Å². The number of ether oxygens (including phenoxy) is 9. The second-order valence-electron chi connectivity index (χ2n) is 13.2. The van der Waals surface area contributed by atoms with Gasteiger partial charge in [-0.1, -0.05) is 12.1 Å². The van der Waals surface area contributed by atoms with Gasteiger partial charge in [0.2, 0.25) is 0 Å². The predicted molar refractivity (Wildman–Crippen MR) is 183 cm³/mol. The zero-order chi connectivity index (χ0) is 40.0. The minimum atomic E-state index is -1.84. The Hall–Kier alpha value is -3.67. The summed E-state index contributed by atoms with van der Waals surface area (Å²) in [6.07, 6.45) is -19.4. The molecule has 0 amide bonds. The number of benzene rings is 2. The van der Waals surface area contributed by atoms with Gasteiger partial charge in [0.05, 0.1) is 40.1 Å². The quantitative estimate of drug-likeness (QED) is 0.0744. The van der Waals surface area contributed by atoms with Crippen LogP contribution in [0.2, 0.25) is 0 Å². The van der Waals surface area contributed by atoms with Gasteiger partial charge in [0.25, 0.3) is 0 Å². The summed E-state index contributed by atoms with van der Waals surface area (Å²) >= 11 is 0. The van der Waals surface area contributed by atoms with Crippen molar-refractivity contribution in [3.8, 4) is 23.0 Å². The Morgan fingerprint density at radius 1 is 0.764 bits per heavy atom. The van der Waals surface area contributed by atoms with Gasteiger partial charge in [-0.3, -0.25) is 0 Å². The number of phenolic OH excluding ortho intramolecular Hbond substituents is 2. The highest BCUT2D eigenvalue weighted by molar-refractivity contribution is 5.87. The van der Waals surface area contributed by atoms with Gasteiger partial charge < -0.3 is 88.6 Å². The van der Waals surface area contributed by atoms with E-state index in [1.54, 1.807) is 12.1 Å². The van der Waals surface area contributed by atoms with E-state index in [1.165, 1.54) is 51.5 Å². The van der Waals surface area contributed by atoms with Gasteiger partial charge in [-0.15, -0.1) is 0 Å². The number of carbonyl (C=O) groups is 1. The largest absolute Gasteiger partial charge is 0.504 e. The first-order valence-corrected chi connectivity index (χ1v) is 17.4. The van der Waals surface area contributed by atoms with Crippen molar-refractivity contribution in [1.29, 1.82) is 0 Å². The first-order valence-electron chi connectivity index (χ1n) is 17.4. The summed E-state index contributed by atoms with van der Waals surface area (Å²) in [6.45, 7) is 0.361.